The monoisotopic (exact) mass is 314 g/mol. The number of nitrogens with one attached hydrogen (secondary N) is 1. The molecule has 0 saturated heterocycles. The molecule has 20 heavy (non-hydrogen) atoms. The number of hydrogen-bond acceptors (Lipinski definition) is 4. The molecule has 2 aliphatic carbocycles. The summed E-state index contributed by atoms with van der Waals surface area (Å²) in [5.74, 6) is 0. The van der Waals surface area contributed by atoms with Gasteiger partial charge in [-0.15, -0.1) is 11.3 Å². The van der Waals surface area contributed by atoms with Crippen molar-refractivity contribution in [1.82, 2.24) is 9.62 Å². The summed E-state index contributed by atoms with van der Waals surface area (Å²) in [6, 6.07) is 4.69. The molecule has 112 valence electrons. The zero-order chi connectivity index (χ0) is 14.2. The highest BCUT2D eigenvalue weighted by Gasteiger charge is 2.37. The van der Waals surface area contributed by atoms with Gasteiger partial charge in [0.25, 0.3) is 10.0 Å². The Bertz CT molecular complexity index is 559. The van der Waals surface area contributed by atoms with Gasteiger partial charge in [0.2, 0.25) is 0 Å². The van der Waals surface area contributed by atoms with Gasteiger partial charge in [-0.25, -0.2) is 8.42 Å². The minimum Gasteiger partial charge on any atom is -0.314 e. The van der Waals surface area contributed by atoms with Crippen molar-refractivity contribution in [3.05, 3.63) is 17.0 Å². The van der Waals surface area contributed by atoms with Gasteiger partial charge in [-0.3, -0.25) is 0 Å². The third-order valence-electron chi connectivity index (χ3n) is 3.85. The van der Waals surface area contributed by atoms with Crippen LogP contribution in [0.25, 0.3) is 0 Å². The molecule has 1 heterocycles. The SMILES string of the molecule is CCN(C1CC1)S(=O)(=O)c1ccc(CCNC2CC2)s1. The molecule has 2 aliphatic rings. The van der Waals surface area contributed by atoms with Crippen LogP contribution in [0.15, 0.2) is 16.3 Å². The van der Waals surface area contributed by atoms with Crippen molar-refractivity contribution >= 4 is 21.4 Å². The molecule has 2 saturated carbocycles. The number of rotatable bonds is 8. The van der Waals surface area contributed by atoms with Crippen LogP contribution in [0.2, 0.25) is 0 Å². The predicted octanol–water partition coefficient (Wildman–Crippen LogP) is 2.22. The summed E-state index contributed by atoms with van der Waals surface area (Å²) in [4.78, 5) is 1.16. The normalized spacial score (nSPS) is 19.7. The molecule has 3 rings (SSSR count). The van der Waals surface area contributed by atoms with Gasteiger partial charge in [-0.2, -0.15) is 4.31 Å². The highest BCUT2D eigenvalue weighted by molar-refractivity contribution is 7.91. The van der Waals surface area contributed by atoms with Crippen molar-refractivity contribution in [2.45, 2.75) is 55.3 Å². The van der Waals surface area contributed by atoms with Crippen LogP contribution in [-0.2, 0) is 16.4 Å². The van der Waals surface area contributed by atoms with Crippen LogP contribution in [0.1, 0.15) is 37.5 Å². The lowest BCUT2D eigenvalue weighted by Gasteiger charge is -2.18. The largest absolute Gasteiger partial charge is 0.314 e. The van der Waals surface area contributed by atoms with E-state index in [1.807, 2.05) is 13.0 Å². The van der Waals surface area contributed by atoms with E-state index in [-0.39, 0.29) is 6.04 Å². The van der Waals surface area contributed by atoms with Crippen LogP contribution in [0.5, 0.6) is 0 Å². The fraction of sp³-hybridized carbons (Fsp3) is 0.714. The Balaban J connectivity index is 1.64. The van der Waals surface area contributed by atoms with E-state index in [1.165, 1.54) is 24.2 Å². The second-order valence-electron chi connectivity index (χ2n) is 5.64. The molecular formula is C14H22N2O2S2. The molecule has 0 amide bonds. The van der Waals surface area contributed by atoms with Crippen LogP contribution in [0.4, 0.5) is 0 Å². The molecule has 0 radical (unpaired) electrons. The van der Waals surface area contributed by atoms with E-state index < -0.39 is 10.0 Å². The molecule has 6 heteroatoms. The Kier molecular flexibility index (Phi) is 4.17. The van der Waals surface area contributed by atoms with Crippen LogP contribution >= 0.6 is 11.3 Å². The van der Waals surface area contributed by atoms with Gasteiger partial charge in [-0.05, 0) is 44.2 Å². The first-order valence-corrected chi connectivity index (χ1v) is 9.71. The Morgan fingerprint density at radius 1 is 1.30 bits per heavy atom. The van der Waals surface area contributed by atoms with E-state index in [0.29, 0.717) is 16.8 Å². The third-order valence-corrected chi connectivity index (χ3v) is 7.49. The summed E-state index contributed by atoms with van der Waals surface area (Å²) >= 11 is 1.43. The van der Waals surface area contributed by atoms with Crippen molar-refractivity contribution in [1.29, 1.82) is 0 Å². The Morgan fingerprint density at radius 2 is 2.05 bits per heavy atom. The second-order valence-corrected chi connectivity index (χ2v) is 8.92. The van der Waals surface area contributed by atoms with Crippen LogP contribution in [0, 0.1) is 0 Å². The lowest BCUT2D eigenvalue weighted by Crippen LogP contribution is -2.32. The van der Waals surface area contributed by atoms with Gasteiger partial charge in [-0.1, -0.05) is 6.92 Å². The van der Waals surface area contributed by atoms with Crippen LogP contribution < -0.4 is 5.32 Å². The Labute approximate surface area is 125 Å². The first-order chi connectivity index (χ1) is 9.61. The van der Waals surface area contributed by atoms with E-state index in [1.54, 1.807) is 10.4 Å². The molecule has 2 fully saturated rings. The van der Waals surface area contributed by atoms with E-state index in [4.69, 9.17) is 0 Å². The molecule has 0 unspecified atom stereocenters. The highest BCUT2D eigenvalue weighted by atomic mass is 32.2. The number of nitrogens with zero attached hydrogens (tertiary/aromatic N) is 1. The molecule has 0 aliphatic heterocycles. The summed E-state index contributed by atoms with van der Waals surface area (Å²) < 4.78 is 27.3. The summed E-state index contributed by atoms with van der Waals surface area (Å²) in [6.07, 6.45) is 5.52. The molecule has 0 bridgehead atoms. The number of hydrogen-bond donors (Lipinski definition) is 1. The first-order valence-electron chi connectivity index (χ1n) is 7.45. The fourth-order valence-corrected chi connectivity index (χ4v) is 5.60. The standard InChI is InChI=1S/C14H22N2O2S2/c1-2-16(12-5-6-12)20(17,18)14-8-7-13(19-14)9-10-15-11-3-4-11/h7-8,11-12,15H,2-6,9-10H2,1H3. The lowest BCUT2D eigenvalue weighted by molar-refractivity contribution is 0.422. The highest BCUT2D eigenvalue weighted by Crippen LogP contribution is 2.34. The van der Waals surface area contributed by atoms with Crippen molar-refractivity contribution in [3.63, 3.8) is 0 Å². The summed E-state index contributed by atoms with van der Waals surface area (Å²) in [6.45, 7) is 3.44. The van der Waals surface area contributed by atoms with Crippen molar-refractivity contribution in [2.75, 3.05) is 13.1 Å². The first kappa shape index (κ1) is 14.5. The summed E-state index contributed by atoms with van der Waals surface area (Å²) in [7, 11) is -3.26. The van der Waals surface area contributed by atoms with Crippen molar-refractivity contribution < 1.29 is 8.42 Å². The summed E-state index contributed by atoms with van der Waals surface area (Å²) in [5, 5.41) is 3.46. The average molecular weight is 314 g/mol. The maximum atomic E-state index is 12.6. The smallest absolute Gasteiger partial charge is 0.252 e. The van der Waals surface area contributed by atoms with E-state index in [0.717, 1.165) is 30.7 Å². The minimum absolute atomic E-state index is 0.243. The van der Waals surface area contributed by atoms with Gasteiger partial charge in [0.05, 0.1) is 0 Å². The summed E-state index contributed by atoms with van der Waals surface area (Å²) in [5.41, 5.74) is 0. The topological polar surface area (TPSA) is 49.4 Å². The molecular weight excluding hydrogens is 292 g/mol. The molecule has 0 aromatic carbocycles. The average Bonchev–Trinajstić information content (AvgIpc) is 3.32. The van der Waals surface area contributed by atoms with Crippen LogP contribution in [0.3, 0.4) is 0 Å². The van der Waals surface area contributed by atoms with Gasteiger partial charge >= 0.3 is 0 Å². The maximum absolute atomic E-state index is 12.6. The molecule has 1 aromatic rings. The molecule has 1 aromatic heterocycles. The van der Waals surface area contributed by atoms with E-state index in [2.05, 4.69) is 5.32 Å². The lowest BCUT2D eigenvalue weighted by atomic mass is 10.3. The number of sulfonamides is 1. The quantitative estimate of drug-likeness (QED) is 0.800. The van der Waals surface area contributed by atoms with Gasteiger partial charge in [0.15, 0.2) is 0 Å². The van der Waals surface area contributed by atoms with Gasteiger partial charge in [0.1, 0.15) is 4.21 Å². The van der Waals surface area contributed by atoms with Gasteiger partial charge < -0.3 is 5.32 Å². The zero-order valence-electron chi connectivity index (χ0n) is 11.8. The maximum Gasteiger partial charge on any atom is 0.252 e. The fourth-order valence-electron chi connectivity index (χ4n) is 2.42. The Morgan fingerprint density at radius 3 is 2.65 bits per heavy atom. The van der Waals surface area contributed by atoms with Crippen LogP contribution in [-0.4, -0.2) is 37.9 Å². The van der Waals surface area contributed by atoms with Crippen molar-refractivity contribution in [3.8, 4) is 0 Å². The zero-order valence-corrected chi connectivity index (χ0v) is 13.5. The Hall–Kier alpha value is -0.430. The number of thiophene rings is 1. The molecule has 0 spiro atoms. The third kappa shape index (κ3) is 3.24. The minimum atomic E-state index is -3.26. The van der Waals surface area contributed by atoms with Gasteiger partial charge in [0, 0.05) is 30.1 Å². The van der Waals surface area contributed by atoms with E-state index >= 15 is 0 Å². The van der Waals surface area contributed by atoms with E-state index in [9.17, 15) is 8.42 Å². The molecule has 1 N–H and O–H groups in total. The predicted molar refractivity (Wildman–Crippen MR) is 81.6 cm³/mol. The second kappa shape index (κ2) is 5.75. The van der Waals surface area contributed by atoms with Crippen molar-refractivity contribution in [2.24, 2.45) is 0 Å². The molecule has 4 nitrogen and oxygen atoms in total. The molecule has 0 atom stereocenters.